The summed E-state index contributed by atoms with van der Waals surface area (Å²) in [5, 5.41) is 4.63. The molecule has 9 heteroatoms. The van der Waals surface area contributed by atoms with Gasteiger partial charge in [0.1, 0.15) is 0 Å². The van der Waals surface area contributed by atoms with Crippen LogP contribution in [0.25, 0.3) is 0 Å². The van der Waals surface area contributed by atoms with Gasteiger partial charge in [-0.2, -0.15) is 4.99 Å². The third kappa shape index (κ3) is 4.48. The maximum absolute atomic E-state index is 13.0. The van der Waals surface area contributed by atoms with Gasteiger partial charge in [0.25, 0.3) is 0 Å². The molecule has 2 rings (SSSR count). The van der Waals surface area contributed by atoms with Crippen LogP contribution in [0.3, 0.4) is 0 Å². The van der Waals surface area contributed by atoms with Crippen LogP contribution in [0.15, 0.2) is 28.6 Å². The van der Waals surface area contributed by atoms with Crippen molar-refractivity contribution in [2.45, 2.75) is 13.0 Å². The van der Waals surface area contributed by atoms with Crippen LogP contribution in [-0.4, -0.2) is 16.9 Å². The van der Waals surface area contributed by atoms with E-state index in [4.69, 9.17) is 11.5 Å². The van der Waals surface area contributed by atoms with E-state index in [0.717, 1.165) is 12.1 Å². The van der Waals surface area contributed by atoms with Crippen molar-refractivity contribution in [1.82, 2.24) is 10.3 Å². The fraction of sp³-hybridized carbons (Fsp3) is 0.154. The van der Waals surface area contributed by atoms with Gasteiger partial charge in [0.2, 0.25) is 11.0 Å². The highest BCUT2D eigenvalue weighted by molar-refractivity contribution is 7.13. The minimum absolute atomic E-state index is 0.0418. The van der Waals surface area contributed by atoms with Crippen LogP contribution in [-0.2, 0) is 17.8 Å². The number of nitrogens with one attached hydrogen (secondary N) is 1. The molecule has 0 aliphatic heterocycles. The number of guanidine groups is 1. The van der Waals surface area contributed by atoms with Gasteiger partial charge in [-0.05, 0) is 17.7 Å². The van der Waals surface area contributed by atoms with Crippen LogP contribution < -0.4 is 16.8 Å². The Hall–Kier alpha value is -2.55. The Bertz CT molecular complexity index is 712. The smallest absolute Gasteiger partial charge is 0.226 e. The number of hydrogen-bond acceptors (Lipinski definition) is 4. The second kappa shape index (κ2) is 6.94. The zero-order valence-corrected chi connectivity index (χ0v) is 12.2. The summed E-state index contributed by atoms with van der Waals surface area (Å²) in [6.07, 6.45) is 0.0418. The predicted octanol–water partition coefficient (Wildman–Crippen LogP) is 1.19. The molecule has 6 nitrogen and oxygen atoms in total. The highest BCUT2D eigenvalue weighted by Gasteiger charge is 2.08. The van der Waals surface area contributed by atoms with Gasteiger partial charge in [-0.25, -0.2) is 13.8 Å². The Morgan fingerprint density at radius 1 is 1.32 bits per heavy atom. The number of aromatic nitrogens is 1. The van der Waals surface area contributed by atoms with Crippen molar-refractivity contribution in [3.63, 3.8) is 0 Å². The van der Waals surface area contributed by atoms with E-state index in [1.807, 2.05) is 0 Å². The van der Waals surface area contributed by atoms with Crippen molar-refractivity contribution in [2.24, 2.45) is 16.5 Å². The first-order chi connectivity index (χ1) is 10.4. The first kappa shape index (κ1) is 15.8. The zero-order chi connectivity index (χ0) is 16.1. The standard InChI is InChI=1S/C13H13F2N5OS/c14-9-2-1-7(3-10(9)15)5-18-11(21)4-8-6-22-13(19-8)20-12(16)17/h1-3,6H,4-5H2,(H,18,21)(H4,16,17,19,20). The molecule has 1 aromatic carbocycles. The van der Waals surface area contributed by atoms with Gasteiger partial charge in [0, 0.05) is 11.9 Å². The molecule has 0 radical (unpaired) electrons. The summed E-state index contributed by atoms with van der Waals surface area (Å²) in [5.74, 6) is -2.28. The van der Waals surface area contributed by atoms with Gasteiger partial charge in [-0.1, -0.05) is 6.07 Å². The van der Waals surface area contributed by atoms with Crippen LogP contribution in [0.5, 0.6) is 0 Å². The Labute approximate surface area is 128 Å². The number of benzene rings is 1. The molecule has 0 spiro atoms. The quantitative estimate of drug-likeness (QED) is 0.567. The van der Waals surface area contributed by atoms with Crippen LogP contribution >= 0.6 is 11.3 Å². The molecule has 116 valence electrons. The summed E-state index contributed by atoms with van der Waals surface area (Å²) < 4.78 is 25.8. The molecule has 0 saturated carbocycles. The van der Waals surface area contributed by atoms with Crippen molar-refractivity contribution in [1.29, 1.82) is 0 Å². The summed E-state index contributed by atoms with van der Waals surface area (Å²) in [6, 6.07) is 3.45. The normalized spacial score (nSPS) is 10.3. The average Bonchev–Trinajstić information content (AvgIpc) is 2.86. The van der Waals surface area contributed by atoms with E-state index in [0.29, 0.717) is 16.4 Å². The number of rotatable bonds is 5. The molecule has 1 amide bonds. The predicted molar refractivity (Wildman–Crippen MR) is 79.5 cm³/mol. The lowest BCUT2D eigenvalue weighted by molar-refractivity contribution is -0.120. The molecule has 2 aromatic rings. The number of thiazole rings is 1. The van der Waals surface area contributed by atoms with Gasteiger partial charge < -0.3 is 16.8 Å². The maximum atomic E-state index is 13.0. The van der Waals surface area contributed by atoms with E-state index in [1.165, 1.54) is 17.4 Å². The third-order valence-electron chi connectivity index (χ3n) is 2.58. The van der Waals surface area contributed by atoms with Crippen LogP contribution in [0, 0.1) is 11.6 Å². The molecule has 22 heavy (non-hydrogen) atoms. The largest absolute Gasteiger partial charge is 0.370 e. The summed E-state index contributed by atoms with van der Waals surface area (Å²) >= 11 is 1.21. The minimum atomic E-state index is -0.951. The van der Waals surface area contributed by atoms with E-state index in [9.17, 15) is 13.6 Å². The van der Waals surface area contributed by atoms with Gasteiger partial charge in [0.15, 0.2) is 17.6 Å². The summed E-state index contributed by atoms with van der Waals surface area (Å²) in [6.45, 7) is 0.0981. The van der Waals surface area contributed by atoms with Crippen molar-refractivity contribution < 1.29 is 13.6 Å². The monoisotopic (exact) mass is 325 g/mol. The molecular weight excluding hydrogens is 312 g/mol. The molecule has 1 heterocycles. The van der Waals surface area contributed by atoms with Crippen molar-refractivity contribution in [3.8, 4) is 0 Å². The molecule has 0 saturated heterocycles. The van der Waals surface area contributed by atoms with Crippen molar-refractivity contribution in [3.05, 3.63) is 46.5 Å². The van der Waals surface area contributed by atoms with E-state index in [1.54, 1.807) is 5.38 Å². The number of nitrogens with two attached hydrogens (primary N) is 2. The van der Waals surface area contributed by atoms with Crippen LogP contribution in [0.2, 0.25) is 0 Å². The molecule has 0 fully saturated rings. The number of nitrogens with zero attached hydrogens (tertiary/aromatic N) is 2. The van der Waals surface area contributed by atoms with Crippen molar-refractivity contribution >= 4 is 28.3 Å². The van der Waals surface area contributed by atoms with Gasteiger partial charge >= 0.3 is 0 Å². The average molecular weight is 325 g/mol. The highest BCUT2D eigenvalue weighted by atomic mass is 32.1. The number of carbonyl (C=O) groups excluding carboxylic acids is 1. The molecular formula is C13H13F2N5OS. The topological polar surface area (TPSA) is 106 Å². The van der Waals surface area contributed by atoms with Gasteiger partial charge in [0.05, 0.1) is 12.1 Å². The molecule has 0 aliphatic carbocycles. The lowest BCUT2D eigenvalue weighted by atomic mass is 10.2. The van der Waals surface area contributed by atoms with E-state index < -0.39 is 11.6 Å². The van der Waals surface area contributed by atoms with E-state index in [-0.39, 0.29) is 24.8 Å². The Morgan fingerprint density at radius 3 is 2.77 bits per heavy atom. The number of amides is 1. The molecule has 0 aliphatic rings. The third-order valence-corrected chi connectivity index (χ3v) is 3.36. The number of halogens is 2. The SMILES string of the molecule is NC(N)=Nc1nc(CC(=O)NCc2ccc(F)c(F)c2)cs1. The van der Waals surface area contributed by atoms with E-state index >= 15 is 0 Å². The Morgan fingerprint density at radius 2 is 2.09 bits per heavy atom. The maximum Gasteiger partial charge on any atom is 0.226 e. The fourth-order valence-corrected chi connectivity index (χ4v) is 2.32. The number of carbonyl (C=O) groups is 1. The fourth-order valence-electron chi connectivity index (χ4n) is 1.62. The second-order valence-corrected chi connectivity index (χ2v) is 5.20. The lowest BCUT2D eigenvalue weighted by Gasteiger charge is -2.04. The minimum Gasteiger partial charge on any atom is -0.370 e. The second-order valence-electron chi connectivity index (χ2n) is 4.36. The molecule has 0 atom stereocenters. The lowest BCUT2D eigenvalue weighted by Crippen LogP contribution is -2.24. The van der Waals surface area contributed by atoms with Gasteiger partial charge in [-0.15, -0.1) is 11.3 Å². The number of aliphatic imine (C=N–C) groups is 1. The number of hydrogen-bond donors (Lipinski definition) is 3. The van der Waals surface area contributed by atoms with Gasteiger partial charge in [-0.3, -0.25) is 4.79 Å². The van der Waals surface area contributed by atoms with Crippen LogP contribution in [0.1, 0.15) is 11.3 Å². The Kier molecular flexibility index (Phi) is 4.99. The van der Waals surface area contributed by atoms with Crippen molar-refractivity contribution in [2.75, 3.05) is 0 Å². The summed E-state index contributed by atoms with van der Waals surface area (Å²) in [4.78, 5) is 19.6. The summed E-state index contributed by atoms with van der Waals surface area (Å²) in [5.41, 5.74) is 11.4. The summed E-state index contributed by atoms with van der Waals surface area (Å²) in [7, 11) is 0. The van der Waals surface area contributed by atoms with E-state index in [2.05, 4.69) is 15.3 Å². The first-order valence-electron chi connectivity index (χ1n) is 6.18. The first-order valence-corrected chi connectivity index (χ1v) is 7.06. The zero-order valence-electron chi connectivity index (χ0n) is 11.3. The Balaban J connectivity index is 1.88. The molecule has 0 unspecified atom stereocenters. The highest BCUT2D eigenvalue weighted by Crippen LogP contribution is 2.18. The molecule has 0 bridgehead atoms. The molecule has 5 N–H and O–H groups in total. The van der Waals surface area contributed by atoms with Crippen LogP contribution in [0.4, 0.5) is 13.9 Å². The molecule has 1 aromatic heterocycles.